The van der Waals surface area contributed by atoms with Crippen molar-refractivity contribution >= 4 is 5.69 Å². The lowest BCUT2D eigenvalue weighted by Crippen LogP contribution is -2.24. The number of methoxy groups -OCH3 is 1. The van der Waals surface area contributed by atoms with Gasteiger partial charge in [-0.3, -0.25) is 0 Å². The number of nitrogens with zero attached hydrogens (tertiary/aromatic N) is 1. The van der Waals surface area contributed by atoms with Crippen LogP contribution in [-0.2, 0) is 0 Å². The molecular weight excluding hydrogens is 224 g/mol. The van der Waals surface area contributed by atoms with Crippen molar-refractivity contribution in [1.29, 1.82) is 0 Å². The molecule has 1 aromatic carbocycles. The Morgan fingerprint density at radius 3 is 2.78 bits per heavy atom. The molecule has 0 aliphatic carbocycles. The fraction of sp³-hybridized carbons (Fsp3) is 0.467. The van der Waals surface area contributed by atoms with Crippen molar-refractivity contribution in [2.45, 2.75) is 19.9 Å². The Kier molecular flexibility index (Phi) is 5.54. The van der Waals surface area contributed by atoms with Gasteiger partial charge in [0.15, 0.2) is 0 Å². The van der Waals surface area contributed by atoms with Gasteiger partial charge < -0.3 is 15.0 Å². The van der Waals surface area contributed by atoms with Gasteiger partial charge in [-0.25, -0.2) is 0 Å². The first kappa shape index (κ1) is 14.4. The molecule has 3 heteroatoms. The van der Waals surface area contributed by atoms with E-state index in [1.165, 1.54) is 0 Å². The van der Waals surface area contributed by atoms with E-state index >= 15 is 0 Å². The van der Waals surface area contributed by atoms with E-state index in [2.05, 4.69) is 36.1 Å². The van der Waals surface area contributed by atoms with Crippen LogP contribution in [0.4, 0.5) is 5.69 Å². The van der Waals surface area contributed by atoms with Gasteiger partial charge in [0.05, 0.1) is 13.7 Å². The highest BCUT2D eigenvalue weighted by Gasteiger charge is 2.17. The Balaban J connectivity index is 3.20. The van der Waals surface area contributed by atoms with E-state index < -0.39 is 0 Å². The van der Waals surface area contributed by atoms with Crippen LogP contribution >= 0.6 is 0 Å². The van der Waals surface area contributed by atoms with Gasteiger partial charge in [0.1, 0.15) is 5.75 Å². The molecule has 1 rings (SSSR count). The first-order valence-corrected chi connectivity index (χ1v) is 6.20. The molecule has 0 bridgehead atoms. The van der Waals surface area contributed by atoms with E-state index in [-0.39, 0.29) is 6.04 Å². The van der Waals surface area contributed by atoms with Crippen LogP contribution in [-0.4, -0.2) is 27.2 Å². The first-order valence-electron chi connectivity index (χ1n) is 6.20. The van der Waals surface area contributed by atoms with Crippen molar-refractivity contribution in [1.82, 2.24) is 5.32 Å². The van der Waals surface area contributed by atoms with Crippen LogP contribution < -0.4 is 15.0 Å². The minimum atomic E-state index is 0.223. The molecular formula is C15H22N2O. The molecule has 0 fully saturated rings. The number of hydrogen-bond donors (Lipinski definition) is 1. The van der Waals surface area contributed by atoms with Gasteiger partial charge in [-0.1, -0.05) is 18.9 Å². The quantitative estimate of drug-likeness (QED) is 0.780. The maximum Gasteiger partial charge on any atom is 0.125 e. The summed E-state index contributed by atoms with van der Waals surface area (Å²) in [5.41, 5.74) is 2.26. The number of benzene rings is 1. The summed E-state index contributed by atoms with van der Waals surface area (Å²) in [6.45, 7) is 5.72. The van der Waals surface area contributed by atoms with Crippen molar-refractivity contribution in [2.24, 2.45) is 0 Å². The standard InChI is InChI=1S/C15H22N2O/c1-6-11-17(4)13-9-8-10-14(18-5)15(13)12(3)16-7-2/h1,8-10,12,16H,7,11H2,2-5H3. The molecule has 0 aromatic heterocycles. The predicted octanol–water partition coefficient (Wildman–Crippen LogP) is 2.44. The molecule has 18 heavy (non-hydrogen) atoms. The van der Waals surface area contributed by atoms with Crippen LogP contribution in [0.1, 0.15) is 25.5 Å². The zero-order valence-corrected chi connectivity index (χ0v) is 11.7. The smallest absolute Gasteiger partial charge is 0.125 e. The summed E-state index contributed by atoms with van der Waals surface area (Å²) < 4.78 is 5.46. The minimum Gasteiger partial charge on any atom is -0.496 e. The molecule has 1 unspecified atom stereocenters. The SMILES string of the molecule is C#CCN(C)c1cccc(OC)c1C(C)NCC. The van der Waals surface area contributed by atoms with Crippen LogP contribution in [0.5, 0.6) is 5.75 Å². The highest BCUT2D eigenvalue weighted by atomic mass is 16.5. The lowest BCUT2D eigenvalue weighted by molar-refractivity contribution is 0.402. The molecule has 1 atom stereocenters. The summed E-state index contributed by atoms with van der Waals surface area (Å²) in [4.78, 5) is 2.06. The van der Waals surface area contributed by atoms with Crippen molar-refractivity contribution in [2.75, 3.05) is 32.1 Å². The summed E-state index contributed by atoms with van der Waals surface area (Å²) in [6.07, 6.45) is 5.38. The van der Waals surface area contributed by atoms with Crippen molar-refractivity contribution in [3.63, 3.8) is 0 Å². The summed E-state index contributed by atoms with van der Waals surface area (Å²) in [7, 11) is 3.69. The molecule has 0 radical (unpaired) electrons. The van der Waals surface area contributed by atoms with Gasteiger partial charge in [0, 0.05) is 24.3 Å². The van der Waals surface area contributed by atoms with Gasteiger partial charge >= 0.3 is 0 Å². The molecule has 1 aromatic rings. The lowest BCUT2D eigenvalue weighted by Gasteiger charge is -2.25. The highest BCUT2D eigenvalue weighted by molar-refractivity contribution is 5.61. The molecule has 3 nitrogen and oxygen atoms in total. The Morgan fingerprint density at radius 1 is 1.50 bits per heavy atom. The molecule has 0 amide bonds. The third-order valence-electron chi connectivity index (χ3n) is 2.95. The number of anilines is 1. The van der Waals surface area contributed by atoms with Crippen molar-refractivity contribution in [3.05, 3.63) is 23.8 Å². The second kappa shape index (κ2) is 6.93. The van der Waals surface area contributed by atoms with Gasteiger partial charge in [-0.05, 0) is 25.6 Å². The largest absolute Gasteiger partial charge is 0.496 e. The van der Waals surface area contributed by atoms with Crippen molar-refractivity contribution in [3.8, 4) is 18.1 Å². The number of rotatable bonds is 6. The van der Waals surface area contributed by atoms with Crippen LogP contribution in [0.3, 0.4) is 0 Å². The molecule has 0 heterocycles. The topological polar surface area (TPSA) is 24.5 Å². The fourth-order valence-corrected chi connectivity index (χ4v) is 2.11. The normalized spacial score (nSPS) is 11.7. The van der Waals surface area contributed by atoms with Gasteiger partial charge in [-0.2, -0.15) is 0 Å². The zero-order chi connectivity index (χ0) is 13.5. The summed E-state index contributed by atoms with van der Waals surface area (Å²) in [5.74, 6) is 3.56. The summed E-state index contributed by atoms with van der Waals surface area (Å²) >= 11 is 0. The van der Waals surface area contributed by atoms with Gasteiger partial charge in [0.2, 0.25) is 0 Å². The third-order valence-corrected chi connectivity index (χ3v) is 2.95. The van der Waals surface area contributed by atoms with E-state index in [0.717, 1.165) is 23.5 Å². The van der Waals surface area contributed by atoms with Gasteiger partial charge in [0.25, 0.3) is 0 Å². The number of hydrogen-bond acceptors (Lipinski definition) is 3. The Morgan fingerprint density at radius 2 is 2.22 bits per heavy atom. The molecule has 0 spiro atoms. The van der Waals surface area contributed by atoms with E-state index in [0.29, 0.717) is 6.54 Å². The van der Waals surface area contributed by atoms with Crippen LogP contribution in [0, 0.1) is 12.3 Å². The zero-order valence-electron chi connectivity index (χ0n) is 11.7. The first-order chi connectivity index (χ1) is 8.65. The molecule has 98 valence electrons. The van der Waals surface area contributed by atoms with E-state index in [9.17, 15) is 0 Å². The van der Waals surface area contributed by atoms with Crippen LogP contribution in [0.2, 0.25) is 0 Å². The third kappa shape index (κ3) is 3.18. The van der Waals surface area contributed by atoms with Crippen LogP contribution in [0.25, 0.3) is 0 Å². The molecule has 0 aliphatic heterocycles. The predicted molar refractivity (Wildman–Crippen MR) is 77.2 cm³/mol. The highest BCUT2D eigenvalue weighted by Crippen LogP contribution is 2.33. The Hall–Kier alpha value is -1.66. The summed E-state index contributed by atoms with van der Waals surface area (Å²) in [5, 5.41) is 3.42. The maximum absolute atomic E-state index is 5.46. The number of nitrogens with one attached hydrogen (secondary N) is 1. The maximum atomic E-state index is 5.46. The molecule has 0 saturated heterocycles. The number of terminal acetylenes is 1. The average Bonchev–Trinajstić information content (AvgIpc) is 2.38. The lowest BCUT2D eigenvalue weighted by atomic mass is 10.0. The summed E-state index contributed by atoms with van der Waals surface area (Å²) in [6, 6.07) is 6.27. The molecule has 0 saturated carbocycles. The average molecular weight is 246 g/mol. The fourth-order valence-electron chi connectivity index (χ4n) is 2.11. The van der Waals surface area contributed by atoms with Crippen LogP contribution in [0.15, 0.2) is 18.2 Å². The van der Waals surface area contributed by atoms with Crippen molar-refractivity contribution < 1.29 is 4.74 Å². The van der Waals surface area contributed by atoms with E-state index in [1.807, 2.05) is 19.2 Å². The Bertz CT molecular complexity index is 423. The minimum absolute atomic E-state index is 0.223. The van der Waals surface area contributed by atoms with E-state index in [1.54, 1.807) is 7.11 Å². The number of ether oxygens (including phenoxy) is 1. The second-order valence-electron chi connectivity index (χ2n) is 4.23. The van der Waals surface area contributed by atoms with Gasteiger partial charge in [-0.15, -0.1) is 6.42 Å². The second-order valence-corrected chi connectivity index (χ2v) is 4.23. The molecule has 1 N–H and O–H groups in total. The Labute approximate surface area is 110 Å². The monoisotopic (exact) mass is 246 g/mol. The molecule has 0 aliphatic rings. The van der Waals surface area contributed by atoms with E-state index in [4.69, 9.17) is 11.2 Å².